The fourth-order valence-corrected chi connectivity index (χ4v) is 4.69. The fourth-order valence-electron chi connectivity index (χ4n) is 2.28. The van der Waals surface area contributed by atoms with Gasteiger partial charge in [0.15, 0.2) is 5.01 Å². The average molecular weight is 396 g/mol. The summed E-state index contributed by atoms with van der Waals surface area (Å²) in [6, 6.07) is 0. The predicted molar refractivity (Wildman–Crippen MR) is 109 cm³/mol. The van der Waals surface area contributed by atoms with Crippen molar-refractivity contribution in [2.45, 2.75) is 79.9 Å². The minimum absolute atomic E-state index is 0.0163. The summed E-state index contributed by atoms with van der Waals surface area (Å²) >= 11 is 3.30. The van der Waals surface area contributed by atoms with Gasteiger partial charge in [0.2, 0.25) is 5.69 Å². The second-order valence-corrected chi connectivity index (χ2v) is 11.4. The van der Waals surface area contributed by atoms with E-state index < -0.39 is 5.41 Å². The van der Waals surface area contributed by atoms with Crippen LogP contribution in [-0.2, 0) is 27.1 Å². The molecule has 0 N–H and O–H groups in total. The van der Waals surface area contributed by atoms with Crippen molar-refractivity contribution in [1.29, 1.82) is 0 Å². The molecule has 2 heterocycles. The molecule has 0 radical (unpaired) electrons. The minimum atomic E-state index is -0.515. The van der Waals surface area contributed by atoms with Crippen LogP contribution in [0.2, 0.25) is 0 Å². The Morgan fingerprint density at radius 2 is 1.62 bits per heavy atom. The molecule has 144 valence electrons. The first kappa shape index (κ1) is 21.0. The van der Waals surface area contributed by atoms with E-state index in [1.807, 2.05) is 20.8 Å². The second kappa shape index (κ2) is 7.04. The molecule has 0 spiro atoms. The van der Waals surface area contributed by atoms with Crippen LogP contribution < -0.4 is 4.57 Å². The smallest absolute Gasteiger partial charge is 0.316 e. The Kier molecular flexibility index (Phi) is 5.70. The molecule has 6 heteroatoms. The van der Waals surface area contributed by atoms with Crippen LogP contribution in [0.3, 0.4) is 0 Å². The van der Waals surface area contributed by atoms with E-state index in [0.717, 1.165) is 21.4 Å². The number of aromatic nitrogens is 2. The summed E-state index contributed by atoms with van der Waals surface area (Å²) in [6.07, 6.45) is 0. The Morgan fingerprint density at radius 3 is 2.08 bits per heavy atom. The molecule has 0 fully saturated rings. The highest BCUT2D eigenvalue weighted by atomic mass is 32.1. The SMILES string of the molecule is CC(C)(C)C(=O)OC[n+]1c(C(C)(C)C)csc1-c1nc(C(C)(C)C)cs1. The third-order valence-corrected chi connectivity index (χ3v) is 5.94. The fraction of sp³-hybridized carbons (Fsp3) is 0.650. The first-order chi connectivity index (χ1) is 11.7. The van der Waals surface area contributed by atoms with Crippen LogP contribution in [0.1, 0.15) is 73.7 Å². The minimum Gasteiger partial charge on any atom is -0.404 e. The average Bonchev–Trinajstić information content (AvgIpc) is 3.08. The Labute approximate surface area is 165 Å². The van der Waals surface area contributed by atoms with E-state index in [1.165, 1.54) is 0 Å². The molecule has 0 unspecified atom stereocenters. The third-order valence-electron chi connectivity index (χ3n) is 3.98. The van der Waals surface area contributed by atoms with Gasteiger partial charge in [0.25, 0.3) is 6.73 Å². The van der Waals surface area contributed by atoms with Gasteiger partial charge in [0, 0.05) is 16.2 Å². The number of thiazole rings is 2. The molecule has 0 aromatic carbocycles. The van der Waals surface area contributed by atoms with E-state index >= 15 is 0 Å². The zero-order valence-corrected chi connectivity index (χ0v) is 19.0. The normalized spacial score (nSPS) is 13.1. The van der Waals surface area contributed by atoms with Crippen molar-refractivity contribution in [2.24, 2.45) is 5.41 Å². The van der Waals surface area contributed by atoms with E-state index in [4.69, 9.17) is 9.72 Å². The van der Waals surface area contributed by atoms with Gasteiger partial charge in [-0.3, -0.25) is 4.79 Å². The molecule has 2 aromatic rings. The number of nitrogens with zero attached hydrogens (tertiary/aromatic N) is 2. The van der Waals surface area contributed by atoms with E-state index in [-0.39, 0.29) is 23.5 Å². The van der Waals surface area contributed by atoms with Crippen molar-refractivity contribution in [2.75, 3.05) is 0 Å². The highest BCUT2D eigenvalue weighted by molar-refractivity contribution is 7.19. The lowest BCUT2D eigenvalue weighted by Crippen LogP contribution is -2.45. The van der Waals surface area contributed by atoms with Gasteiger partial charge in [0.1, 0.15) is 0 Å². The first-order valence-corrected chi connectivity index (χ1v) is 10.6. The van der Waals surface area contributed by atoms with Gasteiger partial charge in [-0.05, 0) is 20.8 Å². The van der Waals surface area contributed by atoms with Crippen molar-refractivity contribution in [3.05, 3.63) is 22.1 Å². The summed E-state index contributed by atoms with van der Waals surface area (Å²) in [5.41, 5.74) is 1.68. The molecule has 0 amide bonds. The molecule has 0 aliphatic heterocycles. The van der Waals surface area contributed by atoms with Crippen LogP contribution in [0.15, 0.2) is 10.8 Å². The summed E-state index contributed by atoms with van der Waals surface area (Å²) in [7, 11) is 0. The number of hydrogen-bond acceptors (Lipinski definition) is 5. The lowest BCUT2D eigenvalue weighted by molar-refractivity contribution is -0.723. The van der Waals surface area contributed by atoms with Crippen LogP contribution in [0.25, 0.3) is 10.0 Å². The maximum absolute atomic E-state index is 12.3. The number of carbonyl (C=O) groups is 1. The maximum Gasteiger partial charge on any atom is 0.316 e. The van der Waals surface area contributed by atoms with Crippen molar-refractivity contribution in [1.82, 2.24) is 4.98 Å². The van der Waals surface area contributed by atoms with Crippen LogP contribution in [0.4, 0.5) is 0 Å². The quantitative estimate of drug-likeness (QED) is 0.523. The van der Waals surface area contributed by atoms with Gasteiger partial charge in [-0.25, -0.2) is 4.98 Å². The summed E-state index contributed by atoms with van der Waals surface area (Å²) in [4.78, 5) is 17.1. The second-order valence-electron chi connectivity index (χ2n) is 9.70. The number of hydrogen-bond donors (Lipinski definition) is 0. The lowest BCUT2D eigenvalue weighted by atomic mass is 9.93. The van der Waals surface area contributed by atoms with Gasteiger partial charge < -0.3 is 4.74 Å². The molecule has 0 aliphatic rings. The summed E-state index contributed by atoms with van der Waals surface area (Å²) in [5, 5.41) is 6.29. The molecule has 0 aliphatic carbocycles. The van der Waals surface area contributed by atoms with Crippen molar-refractivity contribution < 1.29 is 14.1 Å². The third kappa shape index (κ3) is 4.71. The predicted octanol–water partition coefficient (Wildman–Crippen LogP) is 5.30. The zero-order chi connectivity index (χ0) is 19.9. The van der Waals surface area contributed by atoms with Crippen molar-refractivity contribution in [3.8, 4) is 10.0 Å². The van der Waals surface area contributed by atoms with Crippen LogP contribution >= 0.6 is 22.7 Å². The van der Waals surface area contributed by atoms with Gasteiger partial charge in [-0.1, -0.05) is 52.9 Å². The molecule has 4 nitrogen and oxygen atoms in total. The van der Waals surface area contributed by atoms with Gasteiger partial charge >= 0.3 is 11.0 Å². The van der Waals surface area contributed by atoms with Crippen molar-refractivity contribution >= 4 is 28.6 Å². The highest BCUT2D eigenvalue weighted by Gasteiger charge is 2.34. The Bertz CT molecular complexity index is 784. The highest BCUT2D eigenvalue weighted by Crippen LogP contribution is 2.33. The summed E-state index contributed by atoms with van der Waals surface area (Å²) < 4.78 is 7.73. The molecule has 0 bridgehead atoms. The molecule has 26 heavy (non-hydrogen) atoms. The number of rotatable bonds is 3. The van der Waals surface area contributed by atoms with E-state index in [1.54, 1.807) is 22.7 Å². The molecule has 0 atom stereocenters. The largest absolute Gasteiger partial charge is 0.404 e. The molecule has 2 rings (SSSR count). The van der Waals surface area contributed by atoms with Crippen LogP contribution in [0, 0.1) is 5.41 Å². The summed E-state index contributed by atoms with van der Waals surface area (Å²) in [5.74, 6) is -0.198. The lowest BCUT2D eigenvalue weighted by Gasteiger charge is -2.17. The monoisotopic (exact) mass is 395 g/mol. The maximum atomic E-state index is 12.3. The van der Waals surface area contributed by atoms with Crippen LogP contribution in [0.5, 0.6) is 0 Å². The van der Waals surface area contributed by atoms with Crippen molar-refractivity contribution in [3.63, 3.8) is 0 Å². The zero-order valence-electron chi connectivity index (χ0n) is 17.4. The Hall–Kier alpha value is -1.27. The molecule has 2 aromatic heterocycles. The van der Waals surface area contributed by atoms with E-state index in [9.17, 15) is 4.79 Å². The van der Waals surface area contributed by atoms with Gasteiger partial charge in [0.05, 0.1) is 16.5 Å². The number of carbonyl (C=O) groups excluding carboxylic acids is 1. The molecule has 0 saturated heterocycles. The molecule has 0 saturated carbocycles. The Balaban J connectivity index is 2.43. The van der Waals surface area contributed by atoms with Gasteiger partial charge in [-0.15, -0.1) is 15.9 Å². The van der Waals surface area contributed by atoms with E-state index in [0.29, 0.717) is 0 Å². The summed E-state index contributed by atoms with van der Waals surface area (Å²) in [6.45, 7) is 18.8. The number of esters is 1. The molecular weight excluding hydrogens is 364 g/mol. The Morgan fingerprint density at radius 1 is 1.00 bits per heavy atom. The number of ether oxygens (including phenoxy) is 1. The molecular formula is C20H31N2O2S2+. The van der Waals surface area contributed by atoms with Gasteiger partial charge in [-0.2, -0.15) is 0 Å². The van der Waals surface area contributed by atoms with E-state index in [2.05, 4.69) is 56.9 Å². The topological polar surface area (TPSA) is 43.1 Å². The first-order valence-electron chi connectivity index (χ1n) is 8.86. The van der Waals surface area contributed by atoms with Crippen LogP contribution in [-0.4, -0.2) is 11.0 Å². The standard InChI is InChI=1S/C20H31N2O2S2/c1-18(2,3)13-10-25-15(21-13)16-22(12-24-17(23)20(7,8)9)14(11-26-16)19(4,5)6/h10-11H,12H2,1-9H3/q+1.